The van der Waals surface area contributed by atoms with Gasteiger partial charge < -0.3 is 10.0 Å². The molecule has 1 saturated carbocycles. The number of benzene rings is 2. The Morgan fingerprint density at radius 3 is 2.41 bits per heavy atom. The van der Waals surface area contributed by atoms with Crippen LogP contribution in [0.1, 0.15) is 44.1 Å². The molecule has 3 aromatic rings. The Morgan fingerprint density at radius 2 is 1.71 bits per heavy atom. The standard InChI is InChI=1S/C27H30ClN3O3/c28-22-11-9-21(10-12-22)27(34)13-15-30(16-14-27)25(32)20-7-5-19(6-8-20)17-31-18-29-24-4-2-1-3-23(24)26(31)33/h1-4,9-12,18-20,34H,5-8,13-17H2. The molecular weight excluding hydrogens is 450 g/mol. The molecule has 0 unspecified atom stereocenters. The van der Waals surface area contributed by atoms with Crippen LogP contribution in [0.25, 0.3) is 10.9 Å². The number of aromatic nitrogens is 2. The van der Waals surface area contributed by atoms with Crippen LogP contribution in [-0.2, 0) is 16.9 Å². The van der Waals surface area contributed by atoms with Crippen LogP contribution in [0.2, 0.25) is 5.02 Å². The lowest BCUT2D eigenvalue weighted by molar-refractivity contribution is -0.141. The van der Waals surface area contributed by atoms with Gasteiger partial charge >= 0.3 is 0 Å². The van der Waals surface area contributed by atoms with Crippen molar-refractivity contribution in [1.29, 1.82) is 0 Å². The predicted octanol–water partition coefficient (Wildman–Crippen LogP) is 4.37. The normalized spacial score (nSPS) is 22.6. The van der Waals surface area contributed by atoms with Gasteiger partial charge in [-0.1, -0.05) is 35.9 Å². The maximum absolute atomic E-state index is 13.2. The predicted molar refractivity (Wildman–Crippen MR) is 133 cm³/mol. The lowest BCUT2D eigenvalue weighted by atomic mass is 9.80. The van der Waals surface area contributed by atoms with Gasteiger partial charge in [0.05, 0.1) is 22.8 Å². The molecule has 1 saturated heterocycles. The number of para-hydroxylation sites is 1. The quantitative estimate of drug-likeness (QED) is 0.603. The van der Waals surface area contributed by atoms with E-state index in [-0.39, 0.29) is 17.4 Å². The Balaban J connectivity index is 1.15. The highest BCUT2D eigenvalue weighted by molar-refractivity contribution is 6.30. The fourth-order valence-corrected chi connectivity index (χ4v) is 5.64. The van der Waals surface area contributed by atoms with Crippen molar-refractivity contribution in [2.75, 3.05) is 13.1 Å². The number of likely N-dealkylation sites (tertiary alicyclic amines) is 1. The van der Waals surface area contributed by atoms with E-state index < -0.39 is 5.60 Å². The van der Waals surface area contributed by atoms with Gasteiger partial charge in [-0.15, -0.1) is 0 Å². The minimum Gasteiger partial charge on any atom is -0.385 e. The maximum atomic E-state index is 13.2. The monoisotopic (exact) mass is 479 g/mol. The molecule has 178 valence electrons. The first-order valence-corrected chi connectivity index (χ1v) is 12.5. The van der Waals surface area contributed by atoms with Crippen molar-refractivity contribution in [1.82, 2.24) is 14.5 Å². The highest BCUT2D eigenvalue weighted by Gasteiger charge is 2.37. The molecule has 6 nitrogen and oxygen atoms in total. The third-order valence-electron chi connectivity index (χ3n) is 7.67. The van der Waals surface area contributed by atoms with Crippen LogP contribution in [0.15, 0.2) is 59.7 Å². The third-order valence-corrected chi connectivity index (χ3v) is 7.92. The van der Waals surface area contributed by atoms with Crippen LogP contribution in [-0.4, -0.2) is 38.6 Å². The molecule has 2 aliphatic rings. The lowest BCUT2D eigenvalue weighted by Gasteiger charge is -2.40. The van der Waals surface area contributed by atoms with E-state index in [0.29, 0.717) is 48.8 Å². The average molecular weight is 480 g/mol. The Bertz CT molecular complexity index is 1220. The Labute approximate surface area is 204 Å². The summed E-state index contributed by atoms with van der Waals surface area (Å²) in [7, 11) is 0. The lowest BCUT2D eigenvalue weighted by Crippen LogP contribution is -2.47. The summed E-state index contributed by atoms with van der Waals surface area (Å²) < 4.78 is 1.72. The third kappa shape index (κ3) is 4.62. The van der Waals surface area contributed by atoms with Gasteiger partial charge in [-0.3, -0.25) is 14.2 Å². The molecule has 1 aliphatic carbocycles. The number of carbonyl (C=O) groups excluding carboxylic acids is 1. The highest BCUT2D eigenvalue weighted by atomic mass is 35.5. The van der Waals surface area contributed by atoms with E-state index in [2.05, 4.69) is 4.98 Å². The molecule has 2 aromatic carbocycles. The smallest absolute Gasteiger partial charge is 0.261 e. The first-order chi connectivity index (χ1) is 16.4. The number of fused-ring (bicyclic) bond motifs is 1. The summed E-state index contributed by atoms with van der Waals surface area (Å²) in [5, 5.41) is 12.4. The van der Waals surface area contributed by atoms with E-state index in [1.807, 2.05) is 41.3 Å². The molecule has 7 heteroatoms. The number of rotatable bonds is 4. The second kappa shape index (κ2) is 9.51. The van der Waals surface area contributed by atoms with Gasteiger partial charge in [0.25, 0.3) is 5.56 Å². The fraction of sp³-hybridized carbons (Fsp3) is 0.444. The van der Waals surface area contributed by atoms with Crippen molar-refractivity contribution >= 4 is 28.4 Å². The summed E-state index contributed by atoms with van der Waals surface area (Å²) in [5.41, 5.74) is 0.691. The van der Waals surface area contributed by atoms with Crippen molar-refractivity contribution in [3.8, 4) is 0 Å². The summed E-state index contributed by atoms with van der Waals surface area (Å²) in [5.74, 6) is 0.617. The molecule has 0 atom stereocenters. The zero-order valence-corrected chi connectivity index (χ0v) is 20.0. The Kier molecular flexibility index (Phi) is 6.45. The van der Waals surface area contributed by atoms with Gasteiger partial charge in [-0.25, -0.2) is 4.98 Å². The topological polar surface area (TPSA) is 75.4 Å². The number of hydrogen-bond acceptors (Lipinski definition) is 4. The summed E-state index contributed by atoms with van der Waals surface area (Å²) in [6, 6.07) is 14.8. The van der Waals surface area contributed by atoms with E-state index >= 15 is 0 Å². The van der Waals surface area contributed by atoms with Gasteiger partial charge in [0.1, 0.15) is 0 Å². The number of nitrogens with zero attached hydrogens (tertiary/aromatic N) is 3. The van der Waals surface area contributed by atoms with E-state index in [9.17, 15) is 14.7 Å². The number of aliphatic hydroxyl groups is 1. The molecule has 34 heavy (non-hydrogen) atoms. The second-order valence-corrected chi connectivity index (χ2v) is 10.2. The SMILES string of the molecule is O=C(C1CCC(Cn2cnc3ccccc3c2=O)CC1)N1CCC(O)(c2ccc(Cl)cc2)CC1. The van der Waals surface area contributed by atoms with Crippen LogP contribution in [0.4, 0.5) is 0 Å². The van der Waals surface area contributed by atoms with Gasteiger partial charge in [0, 0.05) is 30.6 Å². The molecule has 2 fully saturated rings. The molecule has 0 spiro atoms. The molecule has 1 aromatic heterocycles. The van der Waals surface area contributed by atoms with E-state index in [1.165, 1.54) is 0 Å². The zero-order chi connectivity index (χ0) is 23.7. The molecule has 2 heterocycles. The van der Waals surface area contributed by atoms with Crippen LogP contribution >= 0.6 is 11.6 Å². The van der Waals surface area contributed by atoms with Crippen molar-refractivity contribution in [2.24, 2.45) is 11.8 Å². The molecule has 5 rings (SSSR count). The summed E-state index contributed by atoms with van der Waals surface area (Å²) >= 11 is 5.98. The Morgan fingerprint density at radius 1 is 1.03 bits per heavy atom. The van der Waals surface area contributed by atoms with Gasteiger partial charge in [-0.2, -0.15) is 0 Å². The summed E-state index contributed by atoms with van der Waals surface area (Å²) in [6.07, 6.45) is 6.27. The van der Waals surface area contributed by atoms with E-state index in [1.54, 1.807) is 23.0 Å². The zero-order valence-electron chi connectivity index (χ0n) is 19.2. The van der Waals surface area contributed by atoms with Crippen LogP contribution in [0.3, 0.4) is 0 Å². The van der Waals surface area contributed by atoms with Crippen LogP contribution in [0, 0.1) is 11.8 Å². The minimum absolute atomic E-state index is 0.00490. The fourth-order valence-electron chi connectivity index (χ4n) is 5.51. The maximum Gasteiger partial charge on any atom is 0.261 e. The average Bonchev–Trinajstić information content (AvgIpc) is 2.87. The van der Waals surface area contributed by atoms with Gasteiger partial charge in [0.2, 0.25) is 5.91 Å². The van der Waals surface area contributed by atoms with Crippen LogP contribution in [0.5, 0.6) is 0 Å². The van der Waals surface area contributed by atoms with E-state index in [4.69, 9.17) is 11.6 Å². The minimum atomic E-state index is -0.903. The van der Waals surface area contributed by atoms with Gasteiger partial charge in [-0.05, 0) is 74.3 Å². The number of carbonyl (C=O) groups is 1. The number of hydrogen-bond donors (Lipinski definition) is 1. The second-order valence-electron chi connectivity index (χ2n) is 9.80. The Hall–Kier alpha value is -2.70. The first-order valence-electron chi connectivity index (χ1n) is 12.1. The van der Waals surface area contributed by atoms with E-state index in [0.717, 1.165) is 36.8 Å². The molecule has 0 radical (unpaired) electrons. The molecule has 1 N–H and O–H groups in total. The van der Waals surface area contributed by atoms with Gasteiger partial charge in [0.15, 0.2) is 0 Å². The van der Waals surface area contributed by atoms with Crippen molar-refractivity contribution < 1.29 is 9.90 Å². The summed E-state index contributed by atoms with van der Waals surface area (Å²) in [4.78, 5) is 32.3. The van der Waals surface area contributed by atoms with Crippen molar-refractivity contribution in [3.63, 3.8) is 0 Å². The van der Waals surface area contributed by atoms with Crippen LogP contribution < -0.4 is 5.56 Å². The highest BCUT2D eigenvalue weighted by Crippen LogP contribution is 2.36. The number of halogens is 1. The number of piperidine rings is 1. The molecule has 1 amide bonds. The first kappa shape index (κ1) is 23.1. The van der Waals surface area contributed by atoms with Crippen molar-refractivity contribution in [2.45, 2.75) is 50.7 Å². The number of amides is 1. The molecule has 0 bridgehead atoms. The molecule has 1 aliphatic heterocycles. The van der Waals surface area contributed by atoms with Crippen molar-refractivity contribution in [3.05, 3.63) is 75.8 Å². The summed E-state index contributed by atoms with van der Waals surface area (Å²) in [6.45, 7) is 1.78. The molecular formula is C27H30ClN3O3. The largest absolute Gasteiger partial charge is 0.385 e.